The normalized spacial score (nSPS) is 25.2. The number of hydrogen-bond acceptors (Lipinski definition) is 5. The van der Waals surface area contributed by atoms with Crippen LogP contribution in [0.5, 0.6) is 5.75 Å². The summed E-state index contributed by atoms with van der Waals surface area (Å²) in [6, 6.07) is 0.621. The molecule has 1 saturated carbocycles. The first-order valence-electron chi connectivity index (χ1n) is 9.25. The van der Waals surface area contributed by atoms with E-state index in [1.165, 1.54) is 10.6 Å². The Hall–Kier alpha value is -2.07. The number of nitrogens with one attached hydrogen (secondary N) is 1. The molecule has 28 heavy (non-hydrogen) atoms. The van der Waals surface area contributed by atoms with Crippen molar-refractivity contribution in [1.82, 2.24) is 14.8 Å². The lowest BCUT2D eigenvalue weighted by atomic mass is 9.92. The summed E-state index contributed by atoms with van der Waals surface area (Å²) < 4.78 is 13.4. The van der Waals surface area contributed by atoms with Gasteiger partial charge in [0.1, 0.15) is 11.8 Å². The maximum absolute atomic E-state index is 12.5. The zero-order valence-electron chi connectivity index (χ0n) is 15.6. The van der Waals surface area contributed by atoms with Crippen LogP contribution in [0.1, 0.15) is 25.7 Å². The minimum absolute atomic E-state index is 0.0306. The highest BCUT2D eigenvalue weighted by molar-refractivity contribution is 9.10. The Labute approximate surface area is 170 Å². The fourth-order valence-electron chi connectivity index (χ4n) is 3.52. The molecule has 1 aliphatic heterocycles. The van der Waals surface area contributed by atoms with Gasteiger partial charge in [-0.2, -0.15) is 0 Å². The van der Waals surface area contributed by atoms with Crippen molar-refractivity contribution in [2.24, 2.45) is 7.05 Å². The van der Waals surface area contributed by atoms with E-state index in [2.05, 4.69) is 21.2 Å². The van der Waals surface area contributed by atoms with Gasteiger partial charge in [0.2, 0.25) is 5.91 Å². The first-order chi connectivity index (χ1) is 13.3. The van der Waals surface area contributed by atoms with E-state index in [0.29, 0.717) is 12.4 Å². The van der Waals surface area contributed by atoms with Crippen molar-refractivity contribution in [3.63, 3.8) is 0 Å². The van der Waals surface area contributed by atoms with Crippen molar-refractivity contribution in [2.75, 3.05) is 19.8 Å². The summed E-state index contributed by atoms with van der Waals surface area (Å²) in [5.41, 5.74) is -0.142. The minimum atomic E-state index is -1.11. The summed E-state index contributed by atoms with van der Waals surface area (Å²) in [7, 11) is 1.67. The van der Waals surface area contributed by atoms with Crippen molar-refractivity contribution in [3.05, 3.63) is 27.1 Å². The van der Waals surface area contributed by atoms with Crippen LogP contribution in [-0.4, -0.2) is 64.5 Å². The number of rotatable bonds is 4. The number of nitrogens with zero attached hydrogens (tertiary/aromatic N) is 2. The van der Waals surface area contributed by atoms with Gasteiger partial charge in [-0.3, -0.25) is 14.5 Å². The lowest BCUT2D eigenvalue weighted by Gasteiger charge is -2.35. The molecule has 9 nitrogen and oxygen atoms in total. The minimum Gasteiger partial charge on any atom is -0.489 e. The summed E-state index contributed by atoms with van der Waals surface area (Å²) in [4.78, 5) is 36.7. The second-order valence-electron chi connectivity index (χ2n) is 7.10. The maximum atomic E-state index is 12.5. The number of aromatic nitrogens is 1. The highest BCUT2D eigenvalue weighted by Gasteiger charge is 2.34. The molecule has 2 fully saturated rings. The molecule has 1 atom stereocenters. The largest absolute Gasteiger partial charge is 0.489 e. The summed E-state index contributed by atoms with van der Waals surface area (Å²) in [5.74, 6) is 0.202. The number of morpholine rings is 1. The predicted octanol–water partition coefficient (Wildman–Crippen LogP) is 1.33. The number of carbonyl (C=O) groups excluding carboxylic acids is 1. The molecule has 1 saturated heterocycles. The van der Waals surface area contributed by atoms with Crippen molar-refractivity contribution in [3.8, 4) is 5.75 Å². The van der Waals surface area contributed by atoms with Crippen LogP contribution in [0.15, 0.2) is 21.5 Å². The van der Waals surface area contributed by atoms with E-state index in [1.807, 2.05) is 0 Å². The number of pyridine rings is 1. The van der Waals surface area contributed by atoms with Crippen LogP contribution in [0.4, 0.5) is 4.79 Å². The third-order valence-corrected chi connectivity index (χ3v) is 5.73. The van der Waals surface area contributed by atoms with Crippen LogP contribution in [-0.2, 0) is 16.6 Å². The Morgan fingerprint density at radius 2 is 2.04 bits per heavy atom. The fourth-order valence-corrected chi connectivity index (χ4v) is 4.04. The Morgan fingerprint density at radius 3 is 2.71 bits per heavy atom. The number of ether oxygens (including phenoxy) is 2. The van der Waals surface area contributed by atoms with Gasteiger partial charge in [0.05, 0.1) is 23.8 Å². The van der Waals surface area contributed by atoms with Crippen LogP contribution >= 0.6 is 15.9 Å². The summed E-state index contributed by atoms with van der Waals surface area (Å²) in [6.45, 7) is 0.573. The Morgan fingerprint density at radius 1 is 1.32 bits per heavy atom. The predicted molar refractivity (Wildman–Crippen MR) is 104 cm³/mol. The van der Waals surface area contributed by atoms with Crippen LogP contribution in [0.3, 0.4) is 0 Å². The number of carbonyl (C=O) groups is 2. The van der Waals surface area contributed by atoms with E-state index in [-0.39, 0.29) is 36.8 Å². The van der Waals surface area contributed by atoms with Crippen LogP contribution < -0.4 is 15.6 Å². The topological polar surface area (TPSA) is 110 Å². The highest BCUT2D eigenvalue weighted by Crippen LogP contribution is 2.28. The van der Waals surface area contributed by atoms with Crippen LogP contribution in [0.25, 0.3) is 0 Å². The second-order valence-corrected chi connectivity index (χ2v) is 7.96. The molecular weight excluding hydrogens is 434 g/mol. The number of aryl methyl sites for hydroxylation is 1. The second kappa shape index (κ2) is 8.95. The number of halogens is 1. The van der Waals surface area contributed by atoms with Crippen molar-refractivity contribution in [2.45, 2.75) is 43.9 Å². The fraction of sp³-hybridized carbons (Fsp3) is 0.611. The van der Waals surface area contributed by atoms with E-state index in [1.54, 1.807) is 13.2 Å². The number of carboxylic acid groups (broad SMARTS) is 1. The van der Waals surface area contributed by atoms with E-state index in [9.17, 15) is 19.5 Å². The molecule has 0 unspecified atom stereocenters. The Bertz CT molecular complexity index is 790. The van der Waals surface area contributed by atoms with Gasteiger partial charge < -0.3 is 24.5 Å². The third kappa shape index (κ3) is 4.85. The van der Waals surface area contributed by atoms with Gasteiger partial charge in [-0.05, 0) is 41.6 Å². The highest BCUT2D eigenvalue weighted by atomic mass is 79.9. The molecule has 0 aromatic carbocycles. The quantitative estimate of drug-likeness (QED) is 0.705. The third-order valence-electron chi connectivity index (χ3n) is 5.14. The summed E-state index contributed by atoms with van der Waals surface area (Å²) in [5, 5.41) is 12.2. The van der Waals surface area contributed by atoms with Gasteiger partial charge >= 0.3 is 6.09 Å². The Kier molecular flexibility index (Phi) is 6.61. The zero-order chi connectivity index (χ0) is 20.3. The van der Waals surface area contributed by atoms with Gasteiger partial charge in [0.25, 0.3) is 5.56 Å². The van der Waals surface area contributed by atoms with Crippen LogP contribution in [0.2, 0.25) is 0 Å². The molecule has 0 spiro atoms. The van der Waals surface area contributed by atoms with Gasteiger partial charge in [-0.15, -0.1) is 0 Å². The number of amides is 2. The molecule has 10 heteroatoms. The molecule has 1 aliphatic carbocycles. The van der Waals surface area contributed by atoms with Gasteiger partial charge in [-0.25, -0.2) is 4.79 Å². The lowest BCUT2D eigenvalue weighted by molar-refractivity contribution is -0.132. The van der Waals surface area contributed by atoms with Gasteiger partial charge in [0.15, 0.2) is 0 Å². The van der Waals surface area contributed by atoms with E-state index >= 15 is 0 Å². The lowest BCUT2D eigenvalue weighted by Crippen LogP contribution is -2.57. The first kappa shape index (κ1) is 20.7. The van der Waals surface area contributed by atoms with Gasteiger partial charge in [-0.1, -0.05) is 0 Å². The van der Waals surface area contributed by atoms with E-state index in [0.717, 1.165) is 35.1 Å². The molecule has 2 amide bonds. The monoisotopic (exact) mass is 457 g/mol. The summed E-state index contributed by atoms with van der Waals surface area (Å²) >= 11 is 3.41. The van der Waals surface area contributed by atoms with Crippen LogP contribution in [0, 0.1) is 0 Å². The van der Waals surface area contributed by atoms with E-state index < -0.39 is 12.1 Å². The molecule has 1 aromatic rings. The van der Waals surface area contributed by atoms with Crippen molar-refractivity contribution in [1.29, 1.82) is 0 Å². The van der Waals surface area contributed by atoms with Gasteiger partial charge in [0, 0.05) is 31.9 Å². The number of hydrogen-bond donors (Lipinski definition) is 2. The van der Waals surface area contributed by atoms with Crippen molar-refractivity contribution >= 4 is 27.9 Å². The molecule has 0 radical (unpaired) electrons. The molecule has 154 valence electrons. The first-order valence-corrected chi connectivity index (χ1v) is 10.0. The maximum Gasteiger partial charge on any atom is 0.408 e. The molecule has 3 rings (SSSR count). The van der Waals surface area contributed by atoms with Crippen molar-refractivity contribution < 1.29 is 24.2 Å². The molecular formula is C18H24BrN3O6. The zero-order valence-corrected chi connectivity index (χ0v) is 17.2. The average Bonchev–Trinajstić information content (AvgIpc) is 2.67. The SMILES string of the molecule is Cn1cc(Br)c(O[C@H]2CC[C@H](NC(=O)[C@@H]3COCCN3C(=O)O)CC2)cc1=O. The standard InChI is InChI=1S/C18H24BrN3O6/c1-21-9-13(19)15(8-16(21)23)28-12-4-2-11(3-5-12)20-17(24)14-10-27-7-6-22(14)18(25)26/h8-9,11-12,14H,2-7,10H2,1H3,(H,20,24)(H,25,26)/t11-,12-,14-/m0/s1. The molecule has 1 aromatic heterocycles. The molecule has 2 aliphatic rings. The van der Waals surface area contributed by atoms with E-state index in [4.69, 9.17) is 9.47 Å². The molecule has 2 heterocycles. The summed E-state index contributed by atoms with van der Waals surface area (Å²) in [6.07, 6.45) is 3.43. The molecule has 0 bridgehead atoms. The Balaban J connectivity index is 1.51. The average molecular weight is 458 g/mol. The molecule has 2 N–H and O–H groups in total. The smallest absolute Gasteiger partial charge is 0.408 e.